The van der Waals surface area contributed by atoms with Gasteiger partial charge in [0.15, 0.2) is 5.96 Å². The summed E-state index contributed by atoms with van der Waals surface area (Å²) in [6.07, 6.45) is 0.106. The highest BCUT2D eigenvalue weighted by atomic mass is 16.5. The van der Waals surface area contributed by atoms with Gasteiger partial charge in [-0.05, 0) is 19.3 Å². The highest BCUT2D eigenvalue weighted by molar-refractivity contribution is 5.79. The van der Waals surface area contributed by atoms with Gasteiger partial charge in [0, 0.05) is 26.8 Å². The Morgan fingerprint density at radius 2 is 1.89 bits per heavy atom. The van der Waals surface area contributed by atoms with E-state index in [0.717, 1.165) is 25.7 Å². The van der Waals surface area contributed by atoms with Crippen LogP contribution in [0.3, 0.4) is 0 Å². The number of nitrogens with one attached hydrogen (secondary N) is 2. The van der Waals surface area contributed by atoms with E-state index in [1.165, 1.54) is 0 Å². The maximum Gasteiger partial charge on any atom is 0.191 e. The number of methoxy groups -OCH3 is 1. The van der Waals surface area contributed by atoms with Crippen molar-refractivity contribution >= 4 is 5.96 Å². The van der Waals surface area contributed by atoms with Gasteiger partial charge in [0.25, 0.3) is 0 Å². The first-order chi connectivity index (χ1) is 8.95. The second-order valence-electron chi connectivity index (χ2n) is 5.43. The molecule has 0 saturated heterocycles. The van der Waals surface area contributed by atoms with Crippen molar-refractivity contribution in [2.75, 3.05) is 40.0 Å². The van der Waals surface area contributed by atoms with Crippen LogP contribution in [0.1, 0.15) is 34.6 Å². The lowest BCUT2D eigenvalue weighted by atomic mass is 9.89. The molecule has 0 amide bonds. The molecule has 0 aliphatic rings. The average Bonchev–Trinajstić information content (AvgIpc) is 2.33. The zero-order valence-corrected chi connectivity index (χ0v) is 13.4. The molecule has 0 aromatic rings. The summed E-state index contributed by atoms with van der Waals surface area (Å²) in [6, 6.07) is 0. The normalized spacial score (nSPS) is 14.3. The van der Waals surface area contributed by atoms with E-state index >= 15 is 0 Å². The van der Waals surface area contributed by atoms with Crippen molar-refractivity contribution in [2.24, 2.45) is 10.4 Å². The molecule has 2 N–H and O–H groups in total. The van der Waals surface area contributed by atoms with Crippen molar-refractivity contribution in [3.05, 3.63) is 0 Å². The summed E-state index contributed by atoms with van der Waals surface area (Å²) in [5.74, 6) is 0.813. The highest BCUT2D eigenvalue weighted by Gasteiger charge is 2.23. The van der Waals surface area contributed by atoms with Crippen LogP contribution in [0.2, 0.25) is 0 Å². The fourth-order valence-corrected chi connectivity index (χ4v) is 1.60. The summed E-state index contributed by atoms with van der Waals surface area (Å²) < 4.78 is 10.8. The zero-order valence-electron chi connectivity index (χ0n) is 13.4. The van der Waals surface area contributed by atoms with Crippen LogP contribution in [-0.2, 0) is 9.47 Å². The van der Waals surface area contributed by atoms with E-state index < -0.39 is 0 Å². The van der Waals surface area contributed by atoms with Gasteiger partial charge in [-0.25, -0.2) is 0 Å². The van der Waals surface area contributed by atoms with Gasteiger partial charge < -0.3 is 20.1 Å². The van der Waals surface area contributed by atoms with E-state index in [1.54, 1.807) is 7.11 Å². The third-order valence-electron chi connectivity index (χ3n) is 2.75. The summed E-state index contributed by atoms with van der Waals surface area (Å²) >= 11 is 0. The third-order valence-corrected chi connectivity index (χ3v) is 2.75. The van der Waals surface area contributed by atoms with Crippen LogP contribution < -0.4 is 10.6 Å². The molecule has 0 rings (SSSR count). The summed E-state index contributed by atoms with van der Waals surface area (Å²) in [5, 5.41) is 6.46. The first-order valence-electron chi connectivity index (χ1n) is 7.08. The van der Waals surface area contributed by atoms with Crippen molar-refractivity contribution in [1.82, 2.24) is 10.6 Å². The summed E-state index contributed by atoms with van der Waals surface area (Å²) in [7, 11) is 1.74. The van der Waals surface area contributed by atoms with Crippen LogP contribution in [0.15, 0.2) is 4.99 Å². The number of hydrogen-bond acceptors (Lipinski definition) is 3. The van der Waals surface area contributed by atoms with Gasteiger partial charge in [0.1, 0.15) is 0 Å². The van der Waals surface area contributed by atoms with E-state index in [4.69, 9.17) is 9.47 Å². The minimum absolute atomic E-state index is 0.0842. The Kier molecular flexibility index (Phi) is 9.61. The maximum atomic E-state index is 5.50. The minimum atomic E-state index is 0.0842. The fourth-order valence-electron chi connectivity index (χ4n) is 1.60. The van der Waals surface area contributed by atoms with Crippen molar-refractivity contribution in [2.45, 2.75) is 40.7 Å². The molecule has 0 radical (unpaired) electrons. The second-order valence-corrected chi connectivity index (χ2v) is 5.43. The molecule has 0 saturated carbocycles. The lowest BCUT2D eigenvalue weighted by molar-refractivity contribution is 0.0241. The molecule has 0 aliphatic heterocycles. The molecule has 1 atom stereocenters. The Morgan fingerprint density at radius 1 is 1.21 bits per heavy atom. The predicted molar refractivity (Wildman–Crippen MR) is 80.7 cm³/mol. The largest absolute Gasteiger partial charge is 0.380 e. The smallest absolute Gasteiger partial charge is 0.191 e. The lowest BCUT2D eigenvalue weighted by Gasteiger charge is -2.28. The Bertz CT molecular complexity index is 250. The van der Waals surface area contributed by atoms with E-state index in [0.29, 0.717) is 13.2 Å². The first-order valence-corrected chi connectivity index (χ1v) is 7.08. The summed E-state index contributed by atoms with van der Waals surface area (Å²) in [6.45, 7) is 14.2. The molecule has 1 unspecified atom stereocenters. The molecule has 0 aromatic heterocycles. The molecule has 0 bridgehead atoms. The second kappa shape index (κ2) is 10.0. The highest BCUT2D eigenvalue weighted by Crippen LogP contribution is 2.21. The van der Waals surface area contributed by atoms with Crippen LogP contribution >= 0.6 is 0 Å². The van der Waals surface area contributed by atoms with Crippen LogP contribution in [0.5, 0.6) is 0 Å². The molecule has 0 aromatic carbocycles. The molecule has 0 fully saturated rings. The number of nitrogens with zero attached hydrogens (tertiary/aromatic N) is 1. The SMILES string of the molecule is CCNC(=NCC(OC)C(C)(C)C)NCCOCC. The van der Waals surface area contributed by atoms with E-state index in [1.807, 2.05) is 6.92 Å². The van der Waals surface area contributed by atoms with Gasteiger partial charge >= 0.3 is 0 Å². The van der Waals surface area contributed by atoms with Crippen molar-refractivity contribution in [1.29, 1.82) is 0 Å². The van der Waals surface area contributed by atoms with Gasteiger partial charge in [-0.1, -0.05) is 20.8 Å². The fraction of sp³-hybridized carbons (Fsp3) is 0.929. The van der Waals surface area contributed by atoms with Gasteiger partial charge in [-0.2, -0.15) is 0 Å². The van der Waals surface area contributed by atoms with E-state index in [9.17, 15) is 0 Å². The van der Waals surface area contributed by atoms with Gasteiger partial charge in [-0.15, -0.1) is 0 Å². The topological polar surface area (TPSA) is 54.9 Å². The van der Waals surface area contributed by atoms with Crippen molar-refractivity contribution < 1.29 is 9.47 Å². The number of ether oxygens (including phenoxy) is 2. The lowest BCUT2D eigenvalue weighted by Crippen LogP contribution is -2.40. The predicted octanol–water partition coefficient (Wildman–Crippen LogP) is 1.64. The molecular formula is C14H31N3O2. The number of guanidine groups is 1. The molecular weight excluding hydrogens is 242 g/mol. The Morgan fingerprint density at radius 3 is 2.37 bits per heavy atom. The maximum absolute atomic E-state index is 5.50. The van der Waals surface area contributed by atoms with Gasteiger partial charge in [0.2, 0.25) is 0 Å². The standard InChI is InChI=1S/C14H31N3O2/c1-7-15-13(16-9-10-19-8-2)17-11-12(18-6)14(3,4)5/h12H,7-11H2,1-6H3,(H2,15,16,17). The molecule has 0 heterocycles. The zero-order chi connectivity index (χ0) is 14.7. The van der Waals surface area contributed by atoms with Crippen molar-refractivity contribution in [3.8, 4) is 0 Å². The number of aliphatic imine (C=N–C) groups is 1. The quantitative estimate of drug-likeness (QED) is 0.401. The minimum Gasteiger partial charge on any atom is -0.380 e. The van der Waals surface area contributed by atoms with Crippen LogP contribution in [0, 0.1) is 5.41 Å². The van der Waals surface area contributed by atoms with E-state index in [-0.39, 0.29) is 11.5 Å². The van der Waals surface area contributed by atoms with E-state index in [2.05, 4.69) is 43.3 Å². The Hall–Kier alpha value is -0.810. The number of hydrogen-bond donors (Lipinski definition) is 2. The summed E-state index contributed by atoms with van der Waals surface area (Å²) in [4.78, 5) is 4.56. The molecule has 5 nitrogen and oxygen atoms in total. The van der Waals surface area contributed by atoms with Crippen LogP contribution in [0.4, 0.5) is 0 Å². The van der Waals surface area contributed by atoms with Crippen LogP contribution in [0.25, 0.3) is 0 Å². The molecule has 5 heteroatoms. The number of rotatable bonds is 8. The monoisotopic (exact) mass is 273 g/mol. The van der Waals surface area contributed by atoms with Gasteiger partial charge in [-0.3, -0.25) is 4.99 Å². The molecule has 0 spiro atoms. The Labute approximate surface area is 118 Å². The van der Waals surface area contributed by atoms with Crippen molar-refractivity contribution in [3.63, 3.8) is 0 Å². The third kappa shape index (κ3) is 8.83. The molecule has 19 heavy (non-hydrogen) atoms. The van der Waals surface area contributed by atoms with Crippen LogP contribution in [-0.4, -0.2) is 52.0 Å². The first kappa shape index (κ1) is 18.2. The van der Waals surface area contributed by atoms with Gasteiger partial charge in [0.05, 0.1) is 19.3 Å². The average molecular weight is 273 g/mol. The molecule has 0 aliphatic carbocycles. The summed E-state index contributed by atoms with van der Waals surface area (Å²) in [5.41, 5.74) is 0.0842. The Balaban J connectivity index is 4.30. The molecule has 114 valence electrons.